The van der Waals surface area contributed by atoms with E-state index in [4.69, 9.17) is 4.74 Å². The molecule has 1 aliphatic rings. The average molecular weight is 227 g/mol. The molecule has 0 spiro atoms. The molecule has 0 saturated carbocycles. The van der Waals surface area contributed by atoms with Gasteiger partial charge in [-0.25, -0.2) is 4.99 Å². The molecule has 2 nitrogen and oxygen atoms in total. The highest BCUT2D eigenvalue weighted by Gasteiger charge is 2.28. The zero-order chi connectivity index (χ0) is 10.2. The number of hydrogen-bond donors (Lipinski definition) is 0. The summed E-state index contributed by atoms with van der Waals surface area (Å²) in [5, 5.41) is 2.08. The van der Waals surface area contributed by atoms with Crippen molar-refractivity contribution in [1.82, 2.24) is 0 Å². The van der Waals surface area contributed by atoms with E-state index in [0.717, 1.165) is 5.90 Å². The average Bonchev–Trinajstić information content (AvgIpc) is 2.70. The Kier molecular flexibility index (Phi) is 2.58. The SMILES string of the molecule is CSc1ccsc1C1=NC(C)(C)CO1. The van der Waals surface area contributed by atoms with Crippen molar-refractivity contribution in [1.29, 1.82) is 0 Å². The van der Waals surface area contributed by atoms with Gasteiger partial charge in [0.1, 0.15) is 11.5 Å². The molecule has 0 radical (unpaired) electrons. The second-order valence-corrected chi connectivity index (χ2v) is 5.60. The number of rotatable bonds is 2. The van der Waals surface area contributed by atoms with Gasteiger partial charge in [-0.05, 0) is 31.5 Å². The number of aliphatic imine (C=N–C) groups is 1. The highest BCUT2D eigenvalue weighted by molar-refractivity contribution is 7.98. The summed E-state index contributed by atoms with van der Waals surface area (Å²) in [4.78, 5) is 6.99. The molecule has 0 unspecified atom stereocenters. The Balaban J connectivity index is 2.33. The first-order valence-electron chi connectivity index (χ1n) is 4.47. The van der Waals surface area contributed by atoms with Gasteiger partial charge in [-0.1, -0.05) is 0 Å². The van der Waals surface area contributed by atoms with Gasteiger partial charge in [0.25, 0.3) is 0 Å². The molecule has 76 valence electrons. The van der Waals surface area contributed by atoms with Gasteiger partial charge in [-0.3, -0.25) is 0 Å². The monoisotopic (exact) mass is 227 g/mol. The van der Waals surface area contributed by atoms with Gasteiger partial charge in [0, 0.05) is 4.90 Å². The van der Waals surface area contributed by atoms with Crippen molar-refractivity contribution < 1.29 is 4.74 Å². The van der Waals surface area contributed by atoms with Crippen LogP contribution < -0.4 is 0 Å². The lowest BCUT2D eigenvalue weighted by Gasteiger charge is -2.07. The van der Waals surface area contributed by atoms with Crippen molar-refractivity contribution >= 4 is 29.0 Å². The molecule has 1 aromatic heterocycles. The molecule has 0 fully saturated rings. The third kappa shape index (κ3) is 1.81. The molecule has 1 aliphatic heterocycles. The summed E-state index contributed by atoms with van der Waals surface area (Å²) < 4.78 is 5.60. The second-order valence-electron chi connectivity index (χ2n) is 3.84. The van der Waals surface area contributed by atoms with Crippen LogP contribution in [0.4, 0.5) is 0 Å². The van der Waals surface area contributed by atoms with Gasteiger partial charge in [0.2, 0.25) is 5.90 Å². The largest absolute Gasteiger partial charge is 0.474 e. The molecule has 0 aromatic carbocycles. The summed E-state index contributed by atoms with van der Waals surface area (Å²) in [5.74, 6) is 0.814. The zero-order valence-corrected chi connectivity index (χ0v) is 10.2. The predicted octanol–water partition coefficient (Wildman–Crippen LogP) is 3.03. The van der Waals surface area contributed by atoms with Gasteiger partial charge in [-0.15, -0.1) is 23.1 Å². The number of thioether (sulfide) groups is 1. The van der Waals surface area contributed by atoms with Crippen molar-refractivity contribution in [3.05, 3.63) is 16.3 Å². The van der Waals surface area contributed by atoms with E-state index in [0.29, 0.717) is 6.61 Å². The van der Waals surface area contributed by atoms with E-state index in [1.165, 1.54) is 9.77 Å². The summed E-state index contributed by atoms with van der Waals surface area (Å²) >= 11 is 3.43. The van der Waals surface area contributed by atoms with Crippen LogP contribution in [-0.2, 0) is 4.74 Å². The topological polar surface area (TPSA) is 21.6 Å². The molecule has 0 bridgehead atoms. The Labute approximate surface area is 92.4 Å². The zero-order valence-electron chi connectivity index (χ0n) is 8.53. The molecule has 0 N–H and O–H groups in total. The van der Waals surface area contributed by atoms with E-state index >= 15 is 0 Å². The highest BCUT2D eigenvalue weighted by Crippen LogP contribution is 2.30. The van der Waals surface area contributed by atoms with Crippen LogP contribution in [0.3, 0.4) is 0 Å². The lowest BCUT2D eigenvalue weighted by Crippen LogP contribution is -2.17. The first-order valence-corrected chi connectivity index (χ1v) is 6.57. The minimum atomic E-state index is -0.0605. The number of hydrogen-bond acceptors (Lipinski definition) is 4. The summed E-state index contributed by atoms with van der Waals surface area (Å²) in [5.41, 5.74) is -0.0605. The fourth-order valence-corrected chi connectivity index (χ4v) is 3.00. The van der Waals surface area contributed by atoms with Crippen LogP contribution in [0.15, 0.2) is 21.3 Å². The Morgan fingerprint density at radius 3 is 2.93 bits per heavy atom. The fourth-order valence-electron chi connectivity index (χ4n) is 1.31. The van der Waals surface area contributed by atoms with Crippen LogP contribution >= 0.6 is 23.1 Å². The summed E-state index contributed by atoms with van der Waals surface area (Å²) in [6.45, 7) is 4.87. The Hall–Kier alpha value is -0.480. The molecule has 0 atom stereocenters. The maximum absolute atomic E-state index is 5.60. The van der Waals surface area contributed by atoms with Crippen LogP contribution in [-0.4, -0.2) is 24.3 Å². The Morgan fingerprint density at radius 1 is 1.57 bits per heavy atom. The predicted molar refractivity (Wildman–Crippen MR) is 62.7 cm³/mol. The molecule has 0 saturated heterocycles. The van der Waals surface area contributed by atoms with E-state index in [1.54, 1.807) is 23.1 Å². The summed E-state index contributed by atoms with van der Waals surface area (Å²) in [6.07, 6.45) is 2.08. The molecule has 14 heavy (non-hydrogen) atoms. The number of thiophene rings is 1. The van der Waals surface area contributed by atoms with Gasteiger partial charge in [0.15, 0.2) is 0 Å². The number of nitrogens with zero attached hydrogens (tertiary/aromatic N) is 1. The highest BCUT2D eigenvalue weighted by atomic mass is 32.2. The fraction of sp³-hybridized carbons (Fsp3) is 0.500. The van der Waals surface area contributed by atoms with Crippen LogP contribution in [0.5, 0.6) is 0 Å². The van der Waals surface area contributed by atoms with Crippen LogP contribution in [0.2, 0.25) is 0 Å². The minimum Gasteiger partial charge on any atom is -0.474 e. The van der Waals surface area contributed by atoms with Crippen LogP contribution in [0, 0.1) is 0 Å². The maximum Gasteiger partial charge on any atom is 0.228 e. The van der Waals surface area contributed by atoms with E-state index in [2.05, 4.69) is 36.5 Å². The second kappa shape index (κ2) is 3.59. The quantitative estimate of drug-likeness (QED) is 0.724. The van der Waals surface area contributed by atoms with E-state index in [-0.39, 0.29) is 5.54 Å². The Morgan fingerprint density at radius 2 is 2.36 bits per heavy atom. The summed E-state index contributed by atoms with van der Waals surface area (Å²) in [6, 6.07) is 2.11. The molecule has 0 amide bonds. The third-order valence-electron chi connectivity index (χ3n) is 2.01. The van der Waals surface area contributed by atoms with E-state index < -0.39 is 0 Å². The van der Waals surface area contributed by atoms with Crippen molar-refractivity contribution in [2.45, 2.75) is 24.3 Å². The van der Waals surface area contributed by atoms with Crippen molar-refractivity contribution in [2.24, 2.45) is 4.99 Å². The van der Waals surface area contributed by atoms with Gasteiger partial charge in [-0.2, -0.15) is 0 Å². The first kappa shape index (κ1) is 10.1. The molecule has 2 rings (SSSR count). The van der Waals surface area contributed by atoms with Crippen LogP contribution in [0.25, 0.3) is 0 Å². The molecule has 0 aliphatic carbocycles. The molecule has 4 heteroatoms. The van der Waals surface area contributed by atoms with Gasteiger partial charge < -0.3 is 4.74 Å². The Bertz CT molecular complexity index is 368. The van der Waals surface area contributed by atoms with Crippen LogP contribution in [0.1, 0.15) is 18.7 Å². The van der Waals surface area contributed by atoms with Gasteiger partial charge in [0.05, 0.1) is 5.54 Å². The summed E-state index contributed by atoms with van der Waals surface area (Å²) in [7, 11) is 0. The number of ether oxygens (including phenoxy) is 1. The third-order valence-corrected chi connectivity index (χ3v) is 3.82. The van der Waals surface area contributed by atoms with E-state index in [9.17, 15) is 0 Å². The lowest BCUT2D eigenvalue weighted by molar-refractivity contribution is 0.279. The molecular formula is C10H13NOS2. The van der Waals surface area contributed by atoms with Crippen molar-refractivity contribution in [3.8, 4) is 0 Å². The van der Waals surface area contributed by atoms with Gasteiger partial charge >= 0.3 is 0 Å². The maximum atomic E-state index is 5.60. The minimum absolute atomic E-state index is 0.0605. The standard InChI is InChI=1S/C10H13NOS2/c1-10(2)6-12-9(11-10)8-7(13-3)4-5-14-8/h4-5H,6H2,1-3H3. The molecular weight excluding hydrogens is 214 g/mol. The van der Waals surface area contributed by atoms with E-state index in [1.807, 2.05) is 0 Å². The molecule has 2 heterocycles. The lowest BCUT2D eigenvalue weighted by atomic mass is 10.1. The smallest absolute Gasteiger partial charge is 0.228 e. The molecule has 1 aromatic rings. The first-order chi connectivity index (χ1) is 6.62. The van der Waals surface area contributed by atoms with Crippen molar-refractivity contribution in [3.63, 3.8) is 0 Å². The normalized spacial score (nSPS) is 19.2. The van der Waals surface area contributed by atoms with Crippen molar-refractivity contribution in [2.75, 3.05) is 12.9 Å².